The van der Waals surface area contributed by atoms with Gasteiger partial charge in [0.15, 0.2) is 6.61 Å². The lowest BCUT2D eigenvalue weighted by Crippen LogP contribution is -2.46. The average Bonchev–Trinajstić information content (AvgIpc) is 3.35. The van der Waals surface area contributed by atoms with Crippen molar-refractivity contribution in [2.75, 3.05) is 27.4 Å². The lowest BCUT2D eigenvalue weighted by molar-refractivity contribution is -0.154. The van der Waals surface area contributed by atoms with Crippen LogP contribution in [0, 0.1) is 17.2 Å². The maximum Gasteiger partial charge on any atom is 0.329 e. The zero-order valence-electron chi connectivity index (χ0n) is 19.7. The molecule has 10 nitrogen and oxygen atoms in total. The summed E-state index contributed by atoms with van der Waals surface area (Å²) in [6.07, 6.45) is 1.60. The van der Waals surface area contributed by atoms with E-state index in [1.807, 2.05) is 6.07 Å². The summed E-state index contributed by atoms with van der Waals surface area (Å²) in [6, 6.07) is 9.05. The van der Waals surface area contributed by atoms with Crippen LogP contribution in [0.15, 0.2) is 41.0 Å². The van der Waals surface area contributed by atoms with Crippen molar-refractivity contribution in [3.05, 3.63) is 47.9 Å². The van der Waals surface area contributed by atoms with Gasteiger partial charge in [0.05, 0.1) is 39.5 Å². The molecule has 0 radical (unpaired) electrons. The Morgan fingerprint density at radius 2 is 1.82 bits per heavy atom. The third kappa shape index (κ3) is 7.55. The van der Waals surface area contributed by atoms with Crippen molar-refractivity contribution in [2.45, 2.75) is 32.9 Å². The van der Waals surface area contributed by atoms with E-state index in [9.17, 15) is 14.4 Å². The minimum absolute atomic E-state index is 0.120. The van der Waals surface area contributed by atoms with Gasteiger partial charge in [-0.25, -0.2) is 4.79 Å². The van der Waals surface area contributed by atoms with Gasteiger partial charge < -0.3 is 28.8 Å². The Labute approximate surface area is 198 Å². The SMILES string of the molecule is COc1cc(OC)cc(C(=O)N[C@H](C(=O)OCC(=O)N(CCC#N)Cc2ccco2)C(C)C)c1. The van der Waals surface area contributed by atoms with Gasteiger partial charge in [0.2, 0.25) is 0 Å². The van der Waals surface area contributed by atoms with Gasteiger partial charge in [-0.3, -0.25) is 9.59 Å². The first-order valence-corrected chi connectivity index (χ1v) is 10.7. The van der Waals surface area contributed by atoms with Crippen molar-refractivity contribution in [3.8, 4) is 17.6 Å². The van der Waals surface area contributed by atoms with Crippen molar-refractivity contribution in [3.63, 3.8) is 0 Å². The first-order chi connectivity index (χ1) is 16.3. The molecule has 1 N–H and O–H groups in total. The van der Waals surface area contributed by atoms with Crippen LogP contribution in [0.2, 0.25) is 0 Å². The number of amides is 2. The topological polar surface area (TPSA) is 131 Å². The summed E-state index contributed by atoms with van der Waals surface area (Å²) in [6.45, 7) is 3.27. The highest BCUT2D eigenvalue weighted by Crippen LogP contribution is 2.22. The standard InChI is InChI=1S/C24H29N3O7/c1-16(2)22(26-23(29)17-11-19(31-3)13-20(12-17)32-4)24(30)34-15-21(28)27(9-6-8-25)14-18-7-5-10-33-18/h5,7,10-13,16,22H,6,9,14-15H2,1-4H3,(H,26,29)/t22-/m0/s1. The second-order valence-electron chi connectivity index (χ2n) is 7.71. The number of nitrogens with one attached hydrogen (secondary N) is 1. The summed E-state index contributed by atoms with van der Waals surface area (Å²) in [5.41, 5.74) is 0.242. The first kappa shape index (κ1) is 26.3. The van der Waals surface area contributed by atoms with Crippen LogP contribution < -0.4 is 14.8 Å². The lowest BCUT2D eigenvalue weighted by Gasteiger charge is -2.23. The molecule has 0 unspecified atom stereocenters. The molecule has 1 atom stereocenters. The molecule has 2 aromatic rings. The molecular weight excluding hydrogens is 442 g/mol. The number of esters is 1. The maximum absolute atomic E-state index is 12.8. The zero-order chi connectivity index (χ0) is 25.1. The van der Waals surface area contributed by atoms with Crippen molar-refractivity contribution in [1.82, 2.24) is 10.2 Å². The van der Waals surface area contributed by atoms with Crippen LogP contribution >= 0.6 is 0 Å². The number of rotatable bonds is 12. The largest absolute Gasteiger partial charge is 0.497 e. The number of carbonyl (C=O) groups excluding carboxylic acids is 3. The average molecular weight is 472 g/mol. The quantitative estimate of drug-likeness (QED) is 0.467. The van der Waals surface area contributed by atoms with E-state index in [1.165, 1.54) is 37.5 Å². The highest BCUT2D eigenvalue weighted by molar-refractivity contribution is 5.97. The van der Waals surface area contributed by atoms with E-state index in [-0.39, 0.29) is 31.0 Å². The smallest absolute Gasteiger partial charge is 0.329 e. The third-order valence-corrected chi connectivity index (χ3v) is 4.93. The van der Waals surface area contributed by atoms with Crippen molar-refractivity contribution >= 4 is 17.8 Å². The molecule has 0 spiro atoms. The fourth-order valence-corrected chi connectivity index (χ4v) is 3.04. The molecule has 182 valence electrons. The summed E-state index contributed by atoms with van der Waals surface area (Å²) in [7, 11) is 2.93. The van der Waals surface area contributed by atoms with Crippen LogP contribution in [0.3, 0.4) is 0 Å². The van der Waals surface area contributed by atoms with Crippen molar-refractivity contribution < 1.29 is 33.0 Å². The molecule has 0 fully saturated rings. The molecule has 34 heavy (non-hydrogen) atoms. The molecule has 0 aliphatic heterocycles. The highest BCUT2D eigenvalue weighted by atomic mass is 16.5. The van der Waals surface area contributed by atoms with Crippen LogP contribution in [0.1, 0.15) is 36.4 Å². The number of carbonyl (C=O) groups is 3. The summed E-state index contributed by atoms with van der Waals surface area (Å²) in [5, 5.41) is 11.5. The number of nitriles is 1. The second kappa shape index (κ2) is 12.9. The van der Waals surface area contributed by atoms with E-state index in [1.54, 1.807) is 32.0 Å². The van der Waals surface area contributed by atoms with Gasteiger partial charge >= 0.3 is 5.97 Å². The second-order valence-corrected chi connectivity index (χ2v) is 7.71. The fourth-order valence-electron chi connectivity index (χ4n) is 3.04. The molecule has 0 aliphatic rings. The molecule has 1 heterocycles. The van der Waals surface area contributed by atoms with Gasteiger partial charge in [-0.2, -0.15) is 5.26 Å². The zero-order valence-corrected chi connectivity index (χ0v) is 19.7. The Bertz CT molecular complexity index is 990. The number of ether oxygens (including phenoxy) is 3. The predicted molar refractivity (Wildman–Crippen MR) is 121 cm³/mol. The van der Waals surface area contributed by atoms with Gasteiger partial charge in [-0.05, 0) is 30.2 Å². The van der Waals surface area contributed by atoms with Gasteiger partial charge in [0.25, 0.3) is 11.8 Å². The summed E-state index contributed by atoms with van der Waals surface area (Å²) in [4.78, 5) is 39.5. The molecule has 1 aromatic heterocycles. The number of methoxy groups -OCH3 is 2. The van der Waals surface area contributed by atoms with Crippen LogP contribution in [0.5, 0.6) is 11.5 Å². The van der Waals surface area contributed by atoms with E-state index >= 15 is 0 Å². The number of nitrogens with zero attached hydrogens (tertiary/aromatic N) is 2. The maximum atomic E-state index is 12.8. The third-order valence-electron chi connectivity index (χ3n) is 4.93. The Hall–Kier alpha value is -4.00. The molecular formula is C24H29N3O7. The van der Waals surface area contributed by atoms with Gasteiger partial charge in [-0.1, -0.05) is 13.8 Å². The Balaban J connectivity index is 2.04. The van der Waals surface area contributed by atoms with E-state index in [4.69, 9.17) is 23.9 Å². The summed E-state index contributed by atoms with van der Waals surface area (Å²) in [5.74, 6) is -0.667. The molecule has 2 amide bonds. The van der Waals surface area contributed by atoms with Crippen LogP contribution in [-0.4, -0.2) is 56.1 Å². The number of furan rings is 1. The van der Waals surface area contributed by atoms with Gasteiger partial charge in [0.1, 0.15) is 23.3 Å². The van der Waals surface area contributed by atoms with Crippen LogP contribution in [0.25, 0.3) is 0 Å². The summed E-state index contributed by atoms with van der Waals surface area (Å²) < 4.78 is 20.8. The first-order valence-electron chi connectivity index (χ1n) is 10.7. The minimum Gasteiger partial charge on any atom is -0.497 e. The Morgan fingerprint density at radius 3 is 2.35 bits per heavy atom. The van der Waals surface area contributed by atoms with Crippen molar-refractivity contribution in [2.24, 2.45) is 5.92 Å². The van der Waals surface area contributed by atoms with Crippen molar-refractivity contribution in [1.29, 1.82) is 5.26 Å². The van der Waals surface area contributed by atoms with Gasteiger partial charge in [-0.15, -0.1) is 0 Å². The number of benzene rings is 1. The van der Waals surface area contributed by atoms with E-state index < -0.39 is 30.4 Å². The molecule has 10 heteroatoms. The fraction of sp³-hybridized carbons (Fsp3) is 0.417. The predicted octanol–water partition coefficient (Wildman–Crippen LogP) is 2.54. The summed E-state index contributed by atoms with van der Waals surface area (Å²) >= 11 is 0. The van der Waals surface area contributed by atoms with Gasteiger partial charge in [0, 0.05) is 18.2 Å². The molecule has 2 rings (SSSR count). The molecule has 0 saturated carbocycles. The normalized spacial score (nSPS) is 11.3. The number of hydrogen-bond donors (Lipinski definition) is 1. The van der Waals surface area contributed by atoms with E-state index in [2.05, 4.69) is 5.32 Å². The molecule has 0 saturated heterocycles. The van der Waals surface area contributed by atoms with E-state index in [0.717, 1.165) is 0 Å². The lowest BCUT2D eigenvalue weighted by atomic mass is 10.0. The van der Waals surface area contributed by atoms with Crippen LogP contribution in [0.4, 0.5) is 0 Å². The Morgan fingerprint density at radius 1 is 1.15 bits per heavy atom. The molecule has 0 aliphatic carbocycles. The highest BCUT2D eigenvalue weighted by Gasteiger charge is 2.28. The monoisotopic (exact) mass is 471 g/mol. The van der Waals surface area contributed by atoms with E-state index in [0.29, 0.717) is 17.3 Å². The van der Waals surface area contributed by atoms with Crippen LogP contribution in [-0.2, 0) is 20.9 Å². The molecule has 0 bridgehead atoms. The molecule has 1 aromatic carbocycles. The minimum atomic E-state index is -0.991. The number of hydrogen-bond acceptors (Lipinski definition) is 8. The Kier molecular flexibility index (Phi) is 9.95.